The van der Waals surface area contributed by atoms with Crippen LogP contribution < -0.4 is 11.1 Å². The molecule has 6 heteroatoms. The summed E-state index contributed by atoms with van der Waals surface area (Å²) >= 11 is 0. The number of carbonyl (C=O) groups is 1. The SMILES string of the molecule is CCCN(CC1CC1)C1=NC(C(N)=O)C=C(C2=CC=C(OC)CC2)N1. The standard InChI is InChI=1S/C19H28N4O2/c1-3-10-23(12-13-4-5-13)19-21-16(11-17(22-19)18(20)24)14-6-8-15(25-2)9-7-14/h6,8,11,13,17H,3-5,7,9-10,12H2,1-2H3,(H2,20,24)(H,21,22). The van der Waals surface area contributed by atoms with Crippen molar-refractivity contribution < 1.29 is 9.53 Å². The fourth-order valence-corrected chi connectivity index (χ4v) is 3.19. The zero-order valence-electron chi connectivity index (χ0n) is 15.1. The summed E-state index contributed by atoms with van der Waals surface area (Å²) in [6, 6.07) is -0.612. The fourth-order valence-electron chi connectivity index (χ4n) is 3.19. The number of hydrogen-bond donors (Lipinski definition) is 2. The summed E-state index contributed by atoms with van der Waals surface area (Å²) in [5, 5.41) is 3.45. The first-order valence-corrected chi connectivity index (χ1v) is 9.15. The molecule has 0 aromatic carbocycles. The summed E-state index contributed by atoms with van der Waals surface area (Å²) in [5.74, 6) is 2.08. The second kappa shape index (κ2) is 7.76. The Kier molecular flexibility index (Phi) is 5.46. The maximum Gasteiger partial charge on any atom is 0.246 e. The zero-order chi connectivity index (χ0) is 17.8. The largest absolute Gasteiger partial charge is 0.501 e. The summed E-state index contributed by atoms with van der Waals surface area (Å²) < 4.78 is 5.30. The van der Waals surface area contributed by atoms with E-state index in [9.17, 15) is 4.79 Å². The third-order valence-corrected chi connectivity index (χ3v) is 4.81. The van der Waals surface area contributed by atoms with Crippen molar-refractivity contribution in [3.8, 4) is 0 Å². The molecule has 3 rings (SSSR count). The van der Waals surface area contributed by atoms with E-state index in [1.807, 2.05) is 18.2 Å². The zero-order valence-corrected chi connectivity index (χ0v) is 15.1. The van der Waals surface area contributed by atoms with E-state index < -0.39 is 11.9 Å². The van der Waals surface area contributed by atoms with Crippen molar-refractivity contribution in [1.29, 1.82) is 0 Å². The van der Waals surface area contributed by atoms with Crippen LogP contribution >= 0.6 is 0 Å². The lowest BCUT2D eigenvalue weighted by atomic mass is 9.98. The lowest BCUT2D eigenvalue weighted by Crippen LogP contribution is -2.47. The molecule has 1 amide bonds. The Labute approximate surface area is 149 Å². The second-order valence-electron chi connectivity index (χ2n) is 6.92. The number of amides is 1. The van der Waals surface area contributed by atoms with Gasteiger partial charge >= 0.3 is 0 Å². The average Bonchev–Trinajstić information content (AvgIpc) is 3.45. The van der Waals surface area contributed by atoms with Crippen LogP contribution in [0.3, 0.4) is 0 Å². The highest BCUT2D eigenvalue weighted by molar-refractivity contribution is 5.91. The van der Waals surface area contributed by atoms with Gasteiger partial charge in [0.25, 0.3) is 0 Å². The first-order chi connectivity index (χ1) is 12.1. The van der Waals surface area contributed by atoms with Gasteiger partial charge in [0.2, 0.25) is 5.91 Å². The number of aliphatic imine (C=N–C) groups is 1. The molecule has 1 fully saturated rings. The average molecular weight is 344 g/mol. The number of nitrogens with two attached hydrogens (primary N) is 1. The quantitative estimate of drug-likeness (QED) is 0.741. The van der Waals surface area contributed by atoms with E-state index in [1.54, 1.807) is 7.11 Å². The number of nitrogens with zero attached hydrogens (tertiary/aromatic N) is 2. The molecule has 0 radical (unpaired) electrons. The van der Waals surface area contributed by atoms with Gasteiger partial charge in [-0.3, -0.25) is 4.79 Å². The number of primary amides is 1. The molecule has 0 spiro atoms. The number of hydrogen-bond acceptors (Lipinski definition) is 5. The molecular weight excluding hydrogens is 316 g/mol. The molecule has 1 atom stereocenters. The number of rotatable bonds is 7. The maximum atomic E-state index is 11.8. The van der Waals surface area contributed by atoms with Gasteiger partial charge in [-0.15, -0.1) is 0 Å². The fraction of sp³-hybridized carbons (Fsp3) is 0.579. The molecule has 2 aliphatic carbocycles. The predicted octanol–water partition coefficient (Wildman–Crippen LogP) is 2.06. The predicted molar refractivity (Wildman–Crippen MR) is 98.6 cm³/mol. The summed E-state index contributed by atoms with van der Waals surface area (Å²) in [5.41, 5.74) is 7.66. The van der Waals surface area contributed by atoms with E-state index in [1.165, 1.54) is 12.8 Å². The van der Waals surface area contributed by atoms with E-state index in [2.05, 4.69) is 22.1 Å². The van der Waals surface area contributed by atoms with E-state index >= 15 is 0 Å². The highest BCUT2D eigenvalue weighted by Crippen LogP contribution is 2.30. The molecule has 1 heterocycles. The minimum atomic E-state index is -0.612. The molecule has 136 valence electrons. The highest BCUT2D eigenvalue weighted by atomic mass is 16.5. The molecule has 1 saturated carbocycles. The van der Waals surface area contributed by atoms with Crippen LogP contribution in [0.5, 0.6) is 0 Å². The summed E-state index contributed by atoms with van der Waals surface area (Å²) in [6.07, 6.45) is 11.2. The lowest BCUT2D eigenvalue weighted by molar-refractivity contribution is -0.118. The van der Waals surface area contributed by atoms with Crippen molar-refractivity contribution in [2.45, 2.75) is 45.1 Å². The Morgan fingerprint density at radius 1 is 1.40 bits per heavy atom. The third-order valence-electron chi connectivity index (χ3n) is 4.81. The molecule has 3 N–H and O–H groups in total. The van der Waals surface area contributed by atoms with Crippen molar-refractivity contribution in [3.63, 3.8) is 0 Å². The van der Waals surface area contributed by atoms with E-state index in [4.69, 9.17) is 10.5 Å². The van der Waals surface area contributed by atoms with Gasteiger partial charge < -0.3 is 20.7 Å². The molecule has 6 nitrogen and oxygen atoms in total. The van der Waals surface area contributed by atoms with Crippen LogP contribution in [0.1, 0.15) is 39.0 Å². The van der Waals surface area contributed by atoms with Crippen LogP contribution in [-0.2, 0) is 9.53 Å². The molecule has 0 bridgehead atoms. The van der Waals surface area contributed by atoms with Gasteiger partial charge in [0.05, 0.1) is 12.9 Å². The highest BCUT2D eigenvalue weighted by Gasteiger charge is 2.29. The van der Waals surface area contributed by atoms with E-state index in [0.717, 1.165) is 61.3 Å². The molecular formula is C19H28N4O2. The van der Waals surface area contributed by atoms with Crippen molar-refractivity contribution in [3.05, 3.63) is 35.3 Å². The summed E-state index contributed by atoms with van der Waals surface area (Å²) in [4.78, 5) is 18.6. The smallest absolute Gasteiger partial charge is 0.246 e. The van der Waals surface area contributed by atoms with Crippen molar-refractivity contribution in [2.75, 3.05) is 20.2 Å². The van der Waals surface area contributed by atoms with Crippen LogP contribution in [-0.4, -0.2) is 43.0 Å². The van der Waals surface area contributed by atoms with E-state index in [0.29, 0.717) is 0 Å². The molecule has 3 aliphatic rings. The summed E-state index contributed by atoms with van der Waals surface area (Å²) in [7, 11) is 1.69. The number of nitrogens with one attached hydrogen (secondary N) is 1. The Bertz CT molecular complexity index is 644. The van der Waals surface area contributed by atoms with Crippen molar-refractivity contribution in [2.24, 2.45) is 16.6 Å². The Morgan fingerprint density at radius 2 is 2.20 bits per heavy atom. The van der Waals surface area contributed by atoms with Crippen LogP contribution in [0.25, 0.3) is 0 Å². The van der Waals surface area contributed by atoms with Gasteiger partial charge in [-0.25, -0.2) is 4.99 Å². The van der Waals surface area contributed by atoms with Crippen LogP contribution in [0.15, 0.2) is 40.2 Å². The summed E-state index contributed by atoms with van der Waals surface area (Å²) in [6.45, 7) is 4.07. The number of allylic oxidation sites excluding steroid dienone is 4. The molecule has 0 saturated heterocycles. The molecule has 0 aromatic rings. The van der Waals surface area contributed by atoms with Crippen LogP contribution in [0.4, 0.5) is 0 Å². The third kappa shape index (κ3) is 4.44. The van der Waals surface area contributed by atoms with Gasteiger partial charge in [0.1, 0.15) is 0 Å². The van der Waals surface area contributed by atoms with Crippen molar-refractivity contribution >= 4 is 11.9 Å². The molecule has 0 aromatic heterocycles. The van der Waals surface area contributed by atoms with Gasteiger partial charge in [0.15, 0.2) is 12.0 Å². The minimum absolute atomic E-state index is 0.413. The molecule has 1 unspecified atom stereocenters. The van der Waals surface area contributed by atoms with Crippen molar-refractivity contribution in [1.82, 2.24) is 10.2 Å². The monoisotopic (exact) mass is 344 g/mol. The van der Waals surface area contributed by atoms with E-state index in [-0.39, 0.29) is 0 Å². The van der Waals surface area contributed by atoms with Gasteiger partial charge in [-0.05, 0) is 49.3 Å². The normalized spacial score (nSPS) is 22.9. The topological polar surface area (TPSA) is 80.0 Å². The second-order valence-corrected chi connectivity index (χ2v) is 6.92. The minimum Gasteiger partial charge on any atom is -0.501 e. The van der Waals surface area contributed by atoms with Gasteiger partial charge in [0, 0.05) is 25.2 Å². The number of carbonyl (C=O) groups excluding carboxylic acids is 1. The number of ether oxygens (including phenoxy) is 1. The first kappa shape index (κ1) is 17.6. The maximum absolute atomic E-state index is 11.8. The van der Waals surface area contributed by atoms with Gasteiger partial charge in [-0.1, -0.05) is 13.0 Å². The Morgan fingerprint density at radius 3 is 2.76 bits per heavy atom. The number of guanidine groups is 1. The lowest BCUT2D eigenvalue weighted by Gasteiger charge is -2.31. The van der Waals surface area contributed by atoms with Crippen LogP contribution in [0, 0.1) is 5.92 Å². The Balaban J connectivity index is 1.81. The van der Waals surface area contributed by atoms with Gasteiger partial charge in [-0.2, -0.15) is 0 Å². The van der Waals surface area contributed by atoms with Crippen LogP contribution in [0.2, 0.25) is 0 Å². The molecule has 25 heavy (non-hydrogen) atoms. The number of methoxy groups -OCH3 is 1. The molecule has 1 aliphatic heterocycles. The Hall–Kier alpha value is -2.24. The first-order valence-electron chi connectivity index (χ1n) is 9.15.